The largest absolute Gasteiger partial charge is 0.416 e. The number of anilines is 1. The van der Waals surface area contributed by atoms with E-state index in [1.54, 1.807) is 4.90 Å². The number of alkyl halides is 3. The van der Waals surface area contributed by atoms with E-state index in [2.05, 4.69) is 0 Å². The van der Waals surface area contributed by atoms with Gasteiger partial charge >= 0.3 is 6.18 Å². The van der Waals surface area contributed by atoms with E-state index in [9.17, 15) is 36.5 Å². The molecule has 3 rings (SSSR count). The van der Waals surface area contributed by atoms with Gasteiger partial charge in [-0.05, 0) is 36.4 Å². The third kappa shape index (κ3) is 4.95. The van der Waals surface area contributed by atoms with Crippen LogP contribution in [0.1, 0.15) is 15.9 Å². The van der Waals surface area contributed by atoms with Crippen molar-refractivity contribution in [2.45, 2.75) is 11.1 Å². The predicted molar refractivity (Wildman–Crippen MR) is 106 cm³/mol. The Kier molecular flexibility index (Phi) is 5.94. The van der Waals surface area contributed by atoms with Crippen LogP contribution >= 0.6 is 0 Å². The summed E-state index contributed by atoms with van der Waals surface area (Å²) >= 11 is 0. The lowest BCUT2D eigenvalue weighted by Crippen LogP contribution is -2.49. The number of benzene rings is 2. The highest BCUT2D eigenvalue weighted by molar-refractivity contribution is 7.90. The van der Waals surface area contributed by atoms with Crippen LogP contribution in [0.3, 0.4) is 0 Å². The van der Waals surface area contributed by atoms with Gasteiger partial charge in [-0.2, -0.15) is 13.2 Å². The number of carbonyl (C=O) groups excluding carboxylic acids is 1. The third-order valence-corrected chi connectivity index (χ3v) is 6.05. The van der Waals surface area contributed by atoms with Crippen LogP contribution in [-0.4, -0.2) is 56.6 Å². The Labute approximate surface area is 175 Å². The van der Waals surface area contributed by atoms with Crippen molar-refractivity contribution in [2.24, 2.45) is 0 Å². The maximum absolute atomic E-state index is 12.7. The first-order valence-electron chi connectivity index (χ1n) is 9.08. The third-order valence-electron chi connectivity index (χ3n) is 4.94. The molecule has 0 aliphatic carbocycles. The van der Waals surface area contributed by atoms with Gasteiger partial charge in [-0.1, -0.05) is 0 Å². The van der Waals surface area contributed by atoms with Gasteiger partial charge in [0, 0.05) is 44.1 Å². The second kappa shape index (κ2) is 8.17. The molecule has 0 bridgehead atoms. The van der Waals surface area contributed by atoms with E-state index in [0.29, 0.717) is 0 Å². The molecule has 1 saturated heterocycles. The van der Waals surface area contributed by atoms with E-state index in [0.717, 1.165) is 36.6 Å². The standard InChI is InChI=1S/C19H18F3N3O5S/c1-31(29,30)15-6-7-16(17(12-15)25(27)28)23-8-10-24(11-9-23)18(26)13-2-4-14(5-3-13)19(20,21)22/h2-7,12H,8-11H2,1H3. The second-order valence-corrected chi connectivity index (χ2v) is 9.05. The fourth-order valence-corrected chi connectivity index (χ4v) is 3.92. The summed E-state index contributed by atoms with van der Waals surface area (Å²) in [6.45, 7) is 0.881. The van der Waals surface area contributed by atoms with Gasteiger partial charge in [-0.3, -0.25) is 14.9 Å². The van der Waals surface area contributed by atoms with Gasteiger partial charge in [0.1, 0.15) is 5.69 Å². The van der Waals surface area contributed by atoms with E-state index in [-0.39, 0.29) is 48.0 Å². The average molecular weight is 457 g/mol. The molecule has 1 amide bonds. The van der Waals surface area contributed by atoms with Crippen LogP contribution in [0.25, 0.3) is 0 Å². The predicted octanol–water partition coefficient (Wildman–Crippen LogP) is 2.98. The molecule has 1 fully saturated rings. The summed E-state index contributed by atoms with van der Waals surface area (Å²) in [5.74, 6) is -0.435. The van der Waals surface area contributed by atoms with E-state index in [1.165, 1.54) is 17.0 Å². The smallest absolute Gasteiger partial charge is 0.362 e. The lowest BCUT2D eigenvalue weighted by atomic mass is 10.1. The molecular formula is C19H18F3N3O5S. The monoisotopic (exact) mass is 457 g/mol. The minimum absolute atomic E-state index is 0.116. The molecule has 0 atom stereocenters. The van der Waals surface area contributed by atoms with Crippen molar-refractivity contribution in [3.63, 3.8) is 0 Å². The Morgan fingerprint density at radius 1 is 1.03 bits per heavy atom. The van der Waals surface area contributed by atoms with Crippen molar-refractivity contribution in [3.05, 3.63) is 63.7 Å². The number of carbonyl (C=O) groups is 1. The lowest BCUT2D eigenvalue weighted by Gasteiger charge is -2.36. The summed E-state index contributed by atoms with van der Waals surface area (Å²) in [6, 6.07) is 7.58. The number of nitrogens with zero attached hydrogens (tertiary/aromatic N) is 3. The topological polar surface area (TPSA) is 101 Å². The molecule has 0 saturated carbocycles. The zero-order valence-electron chi connectivity index (χ0n) is 16.3. The molecule has 0 unspecified atom stereocenters. The molecule has 166 valence electrons. The van der Waals surface area contributed by atoms with Crippen molar-refractivity contribution in [3.8, 4) is 0 Å². The first-order chi connectivity index (χ1) is 14.4. The molecule has 31 heavy (non-hydrogen) atoms. The number of sulfone groups is 1. The number of rotatable bonds is 4. The van der Waals surface area contributed by atoms with Gasteiger partial charge < -0.3 is 9.80 Å². The Morgan fingerprint density at radius 3 is 2.10 bits per heavy atom. The number of hydrogen-bond donors (Lipinski definition) is 0. The SMILES string of the molecule is CS(=O)(=O)c1ccc(N2CCN(C(=O)c3ccc(C(F)(F)F)cc3)CC2)c([N+](=O)[O-])c1. The minimum Gasteiger partial charge on any atom is -0.362 e. The Morgan fingerprint density at radius 2 is 1.61 bits per heavy atom. The highest BCUT2D eigenvalue weighted by Crippen LogP contribution is 2.32. The molecule has 12 heteroatoms. The maximum Gasteiger partial charge on any atom is 0.416 e. The minimum atomic E-state index is -4.49. The fourth-order valence-electron chi connectivity index (χ4n) is 3.28. The van der Waals surface area contributed by atoms with Crippen molar-refractivity contribution < 1.29 is 31.3 Å². The van der Waals surface area contributed by atoms with Gasteiger partial charge in [-0.25, -0.2) is 8.42 Å². The van der Waals surface area contributed by atoms with E-state index >= 15 is 0 Å². The summed E-state index contributed by atoms with van der Waals surface area (Å²) in [4.78, 5) is 26.3. The van der Waals surface area contributed by atoms with Crippen molar-refractivity contribution in [1.29, 1.82) is 0 Å². The van der Waals surface area contributed by atoms with Crippen LogP contribution < -0.4 is 4.90 Å². The summed E-state index contributed by atoms with van der Waals surface area (Å²) in [6.07, 6.45) is -3.54. The van der Waals surface area contributed by atoms with Crippen LogP contribution in [0.5, 0.6) is 0 Å². The number of nitro groups is 1. The number of hydrogen-bond acceptors (Lipinski definition) is 6. The lowest BCUT2D eigenvalue weighted by molar-refractivity contribution is -0.384. The first kappa shape index (κ1) is 22.5. The van der Waals surface area contributed by atoms with E-state index in [4.69, 9.17) is 0 Å². The zero-order valence-corrected chi connectivity index (χ0v) is 17.1. The molecule has 2 aromatic carbocycles. The maximum atomic E-state index is 12.7. The summed E-state index contributed by atoms with van der Waals surface area (Å²) in [5, 5.41) is 11.4. The van der Waals surface area contributed by atoms with Crippen molar-refractivity contribution >= 4 is 27.1 Å². The van der Waals surface area contributed by atoms with Gasteiger partial charge in [0.25, 0.3) is 11.6 Å². The summed E-state index contributed by atoms with van der Waals surface area (Å²) in [7, 11) is -3.62. The summed E-state index contributed by atoms with van der Waals surface area (Å²) < 4.78 is 61.4. The van der Waals surface area contributed by atoms with Crippen LogP contribution in [0, 0.1) is 10.1 Å². The molecule has 1 heterocycles. The molecule has 0 spiro atoms. The molecule has 0 radical (unpaired) electrons. The normalized spacial score (nSPS) is 15.1. The Hall–Kier alpha value is -3.15. The van der Waals surface area contributed by atoms with Crippen LogP contribution in [0.2, 0.25) is 0 Å². The van der Waals surface area contributed by atoms with Crippen molar-refractivity contribution in [1.82, 2.24) is 4.90 Å². The highest BCUT2D eigenvalue weighted by atomic mass is 32.2. The highest BCUT2D eigenvalue weighted by Gasteiger charge is 2.31. The molecule has 2 aromatic rings. The molecule has 0 aromatic heterocycles. The van der Waals surface area contributed by atoms with Crippen molar-refractivity contribution in [2.75, 3.05) is 37.3 Å². The van der Waals surface area contributed by atoms with Gasteiger partial charge in [0.15, 0.2) is 9.84 Å². The molecule has 1 aliphatic heterocycles. The van der Waals surface area contributed by atoms with Gasteiger partial charge in [0.05, 0.1) is 15.4 Å². The molecule has 0 N–H and O–H groups in total. The molecule has 1 aliphatic rings. The average Bonchev–Trinajstić information content (AvgIpc) is 2.71. The summed E-state index contributed by atoms with van der Waals surface area (Å²) in [5.41, 5.74) is -0.854. The second-order valence-electron chi connectivity index (χ2n) is 7.03. The Balaban J connectivity index is 1.73. The molecule has 8 nitrogen and oxygen atoms in total. The Bertz CT molecular complexity index is 1110. The van der Waals surface area contributed by atoms with Gasteiger partial charge in [-0.15, -0.1) is 0 Å². The zero-order chi connectivity index (χ0) is 23.0. The number of halogens is 3. The number of piperazine rings is 1. The van der Waals surface area contributed by atoms with Gasteiger partial charge in [0.2, 0.25) is 0 Å². The first-order valence-corrected chi connectivity index (χ1v) is 11.0. The van der Waals surface area contributed by atoms with Crippen LogP contribution in [0.15, 0.2) is 47.4 Å². The molecular weight excluding hydrogens is 439 g/mol. The van der Waals surface area contributed by atoms with Crippen LogP contribution in [-0.2, 0) is 16.0 Å². The van der Waals surface area contributed by atoms with E-state index < -0.39 is 32.4 Å². The number of nitro benzene ring substituents is 1. The quantitative estimate of drug-likeness (QED) is 0.517. The number of amides is 1. The fraction of sp³-hybridized carbons (Fsp3) is 0.316. The van der Waals surface area contributed by atoms with E-state index in [1.807, 2.05) is 0 Å². The van der Waals surface area contributed by atoms with Crippen LogP contribution in [0.4, 0.5) is 24.5 Å².